The fourth-order valence-electron chi connectivity index (χ4n) is 2.55. The predicted molar refractivity (Wildman–Crippen MR) is 68.6 cm³/mol. The van der Waals surface area contributed by atoms with Crippen molar-refractivity contribution in [3.05, 3.63) is 23.8 Å². The first-order valence-electron chi connectivity index (χ1n) is 6.31. The lowest BCUT2D eigenvalue weighted by Crippen LogP contribution is -2.37. The Bertz CT molecular complexity index is 438. The average Bonchev–Trinajstić information content (AvgIpc) is 2.59. The Hall–Kier alpha value is -1.71. The highest BCUT2D eigenvalue weighted by atomic mass is 16.3. The van der Waals surface area contributed by atoms with Crippen LogP contribution in [-0.4, -0.2) is 22.2 Å². The van der Waals surface area contributed by atoms with Crippen LogP contribution in [0.25, 0.3) is 0 Å². The fraction of sp³-hybridized carbons (Fsp3) is 0.500. The van der Waals surface area contributed by atoms with Crippen LogP contribution in [0.4, 0.5) is 0 Å². The summed E-state index contributed by atoms with van der Waals surface area (Å²) in [5.41, 5.74) is 0.291. The van der Waals surface area contributed by atoms with Crippen molar-refractivity contribution in [2.45, 2.75) is 32.7 Å². The number of aromatic hydroxyl groups is 2. The normalized spacial score (nSPS) is 27.1. The molecule has 1 aromatic carbocycles. The van der Waals surface area contributed by atoms with Crippen molar-refractivity contribution >= 4 is 5.91 Å². The molecule has 0 saturated heterocycles. The molecule has 0 bridgehead atoms. The van der Waals surface area contributed by atoms with Crippen molar-refractivity contribution in [3.8, 4) is 11.5 Å². The van der Waals surface area contributed by atoms with Crippen molar-refractivity contribution < 1.29 is 15.0 Å². The van der Waals surface area contributed by atoms with E-state index in [0.717, 1.165) is 12.8 Å². The van der Waals surface area contributed by atoms with Crippen LogP contribution in [0.15, 0.2) is 18.2 Å². The summed E-state index contributed by atoms with van der Waals surface area (Å²) < 4.78 is 0. The van der Waals surface area contributed by atoms with Gasteiger partial charge >= 0.3 is 0 Å². The van der Waals surface area contributed by atoms with Gasteiger partial charge in [0.15, 0.2) is 0 Å². The zero-order valence-electron chi connectivity index (χ0n) is 10.7. The molecule has 4 heteroatoms. The van der Waals surface area contributed by atoms with Crippen molar-refractivity contribution in [2.75, 3.05) is 0 Å². The van der Waals surface area contributed by atoms with Crippen LogP contribution >= 0.6 is 0 Å². The molecule has 1 saturated carbocycles. The minimum absolute atomic E-state index is 0.104. The van der Waals surface area contributed by atoms with Crippen LogP contribution in [0, 0.1) is 11.8 Å². The van der Waals surface area contributed by atoms with Gasteiger partial charge in [0, 0.05) is 17.7 Å². The Balaban J connectivity index is 2.08. The molecule has 0 radical (unpaired) electrons. The lowest BCUT2D eigenvalue weighted by atomic mass is 9.97. The second kappa shape index (κ2) is 4.88. The predicted octanol–water partition coefficient (Wildman–Crippen LogP) is 2.26. The molecule has 3 unspecified atom stereocenters. The third-order valence-electron chi connectivity index (χ3n) is 3.95. The second-order valence-corrected chi connectivity index (χ2v) is 5.23. The number of rotatable bonds is 2. The molecule has 1 aliphatic carbocycles. The smallest absolute Gasteiger partial charge is 0.251 e. The topological polar surface area (TPSA) is 69.6 Å². The number of hydrogen-bond donors (Lipinski definition) is 3. The number of carbonyl (C=O) groups excluding carboxylic acids is 1. The Morgan fingerprint density at radius 2 is 1.78 bits per heavy atom. The maximum absolute atomic E-state index is 12.0. The molecule has 1 fully saturated rings. The van der Waals surface area contributed by atoms with E-state index in [-0.39, 0.29) is 23.4 Å². The molecule has 3 N–H and O–H groups in total. The van der Waals surface area contributed by atoms with Crippen LogP contribution < -0.4 is 5.32 Å². The molecular weight excluding hydrogens is 230 g/mol. The van der Waals surface area contributed by atoms with Gasteiger partial charge in [0.25, 0.3) is 5.91 Å². The minimum atomic E-state index is -0.243. The third-order valence-corrected chi connectivity index (χ3v) is 3.95. The van der Waals surface area contributed by atoms with Gasteiger partial charge in [-0.1, -0.05) is 13.8 Å². The summed E-state index contributed by atoms with van der Waals surface area (Å²) in [5.74, 6) is 0.626. The fourth-order valence-corrected chi connectivity index (χ4v) is 2.55. The SMILES string of the molecule is CC1CCC(NC(=O)c2cc(O)cc(O)c2)C1C. The number of benzene rings is 1. The molecule has 18 heavy (non-hydrogen) atoms. The zero-order chi connectivity index (χ0) is 13.3. The van der Waals surface area contributed by atoms with E-state index in [0.29, 0.717) is 17.4 Å². The second-order valence-electron chi connectivity index (χ2n) is 5.23. The van der Waals surface area contributed by atoms with Gasteiger partial charge in [-0.2, -0.15) is 0 Å². The summed E-state index contributed by atoms with van der Waals surface area (Å²) in [4.78, 5) is 12.0. The monoisotopic (exact) mass is 249 g/mol. The highest BCUT2D eigenvalue weighted by molar-refractivity contribution is 5.95. The van der Waals surface area contributed by atoms with Crippen LogP contribution in [0.3, 0.4) is 0 Å². The average molecular weight is 249 g/mol. The minimum Gasteiger partial charge on any atom is -0.508 e. The lowest BCUT2D eigenvalue weighted by molar-refractivity contribution is 0.0926. The van der Waals surface area contributed by atoms with E-state index in [1.807, 2.05) is 0 Å². The summed E-state index contributed by atoms with van der Waals surface area (Å²) in [5, 5.41) is 21.7. The molecule has 3 atom stereocenters. The molecule has 0 spiro atoms. The number of phenolic OH excluding ortho intramolecular Hbond substituents is 2. The van der Waals surface area contributed by atoms with Crippen LogP contribution in [-0.2, 0) is 0 Å². The Labute approximate surface area is 107 Å². The molecule has 0 aliphatic heterocycles. The molecule has 4 nitrogen and oxygen atoms in total. The Morgan fingerprint density at radius 1 is 1.17 bits per heavy atom. The zero-order valence-corrected chi connectivity index (χ0v) is 10.7. The largest absolute Gasteiger partial charge is 0.508 e. The number of amides is 1. The summed E-state index contributed by atoms with van der Waals surface area (Å²) in [6.45, 7) is 4.33. The number of nitrogens with one attached hydrogen (secondary N) is 1. The number of hydrogen-bond acceptors (Lipinski definition) is 3. The van der Waals surface area contributed by atoms with E-state index in [2.05, 4.69) is 19.2 Å². The molecule has 2 rings (SSSR count). The van der Waals surface area contributed by atoms with Crippen molar-refractivity contribution in [2.24, 2.45) is 11.8 Å². The highest BCUT2D eigenvalue weighted by Gasteiger charge is 2.30. The van der Waals surface area contributed by atoms with Gasteiger partial charge in [-0.15, -0.1) is 0 Å². The molecular formula is C14H19NO3. The van der Waals surface area contributed by atoms with E-state index in [9.17, 15) is 15.0 Å². The maximum atomic E-state index is 12.0. The van der Waals surface area contributed by atoms with E-state index in [1.165, 1.54) is 18.2 Å². The van der Waals surface area contributed by atoms with Crippen molar-refractivity contribution in [1.82, 2.24) is 5.32 Å². The van der Waals surface area contributed by atoms with E-state index in [1.54, 1.807) is 0 Å². The van der Waals surface area contributed by atoms with Crippen LogP contribution in [0.2, 0.25) is 0 Å². The molecule has 1 aliphatic rings. The summed E-state index contributed by atoms with van der Waals surface area (Å²) >= 11 is 0. The summed E-state index contributed by atoms with van der Waals surface area (Å²) in [6, 6.07) is 4.10. The van der Waals surface area contributed by atoms with Gasteiger partial charge in [-0.3, -0.25) is 4.79 Å². The first-order chi connectivity index (χ1) is 8.47. The lowest BCUT2D eigenvalue weighted by Gasteiger charge is -2.19. The van der Waals surface area contributed by atoms with Gasteiger partial charge < -0.3 is 15.5 Å². The van der Waals surface area contributed by atoms with E-state index < -0.39 is 0 Å². The van der Waals surface area contributed by atoms with Crippen LogP contribution in [0.1, 0.15) is 37.0 Å². The molecule has 0 heterocycles. The molecule has 98 valence electrons. The van der Waals surface area contributed by atoms with Crippen molar-refractivity contribution in [3.63, 3.8) is 0 Å². The number of carbonyl (C=O) groups is 1. The summed E-state index contributed by atoms with van der Waals surface area (Å²) in [7, 11) is 0. The van der Waals surface area contributed by atoms with Crippen molar-refractivity contribution in [1.29, 1.82) is 0 Å². The van der Waals surface area contributed by atoms with Gasteiger partial charge in [-0.05, 0) is 36.8 Å². The quantitative estimate of drug-likeness (QED) is 0.753. The highest BCUT2D eigenvalue weighted by Crippen LogP contribution is 2.31. The Morgan fingerprint density at radius 3 is 2.28 bits per heavy atom. The molecule has 1 amide bonds. The van der Waals surface area contributed by atoms with Gasteiger partial charge in [-0.25, -0.2) is 0 Å². The maximum Gasteiger partial charge on any atom is 0.251 e. The first-order valence-corrected chi connectivity index (χ1v) is 6.31. The van der Waals surface area contributed by atoms with Gasteiger partial charge in [0.1, 0.15) is 11.5 Å². The third kappa shape index (κ3) is 2.58. The number of phenols is 2. The molecule has 0 aromatic heterocycles. The van der Waals surface area contributed by atoms with Gasteiger partial charge in [0.05, 0.1) is 0 Å². The first kappa shape index (κ1) is 12.7. The summed E-state index contributed by atoms with van der Waals surface area (Å²) in [6.07, 6.45) is 2.11. The van der Waals surface area contributed by atoms with E-state index in [4.69, 9.17) is 0 Å². The van der Waals surface area contributed by atoms with Gasteiger partial charge in [0.2, 0.25) is 0 Å². The Kier molecular flexibility index (Phi) is 3.45. The molecule has 1 aromatic rings. The van der Waals surface area contributed by atoms with Crippen LogP contribution in [0.5, 0.6) is 11.5 Å². The standard InChI is InChI=1S/C14H19NO3/c1-8-3-4-13(9(8)2)15-14(18)10-5-11(16)7-12(17)6-10/h5-9,13,16-17H,3-4H2,1-2H3,(H,15,18). The van der Waals surface area contributed by atoms with E-state index >= 15 is 0 Å².